The number of hydrogen-bond acceptors (Lipinski definition) is 3. The van der Waals surface area contributed by atoms with Crippen molar-refractivity contribution in [3.05, 3.63) is 46.0 Å². The quantitative estimate of drug-likeness (QED) is 0.938. The number of aromatic nitrogens is 2. The molecule has 1 heterocycles. The third-order valence-electron chi connectivity index (χ3n) is 2.88. The predicted octanol–water partition coefficient (Wildman–Crippen LogP) is 2.56. The Hall–Kier alpha value is -1.59. The summed E-state index contributed by atoms with van der Waals surface area (Å²) in [6.07, 6.45) is 0. The molecule has 0 amide bonds. The Kier molecular flexibility index (Phi) is 4.07. The van der Waals surface area contributed by atoms with Crippen molar-refractivity contribution >= 4 is 11.6 Å². The summed E-state index contributed by atoms with van der Waals surface area (Å²) < 4.78 is 20.3. The Bertz CT molecular complexity index is 598. The molecule has 0 fully saturated rings. The number of hydrogen-bond donors (Lipinski definition) is 1. The molecule has 0 saturated carbocycles. The maximum atomic E-state index is 13.1. The summed E-state index contributed by atoms with van der Waals surface area (Å²) in [4.78, 5) is 0. The van der Waals surface area contributed by atoms with Crippen LogP contribution < -0.4 is 10.5 Å². The van der Waals surface area contributed by atoms with Gasteiger partial charge in [0.1, 0.15) is 23.3 Å². The largest absolute Gasteiger partial charge is 0.488 e. The minimum atomic E-state index is -0.330. The van der Waals surface area contributed by atoms with Gasteiger partial charge in [0.2, 0.25) is 0 Å². The van der Waals surface area contributed by atoms with Gasteiger partial charge in [0.25, 0.3) is 0 Å². The summed E-state index contributed by atoms with van der Waals surface area (Å²) in [6.45, 7) is 2.35. The molecule has 2 N–H and O–H groups in total. The van der Waals surface area contributed by atoms with Gasteiger partial charge in [0.15, 0.2) is 0 Å². The predicted molar refractivity (Wildman–Crippen MR) is 71.6 cm³/mol. The molecule has 2 rings (SSSR count). The molecule has 0 radical (unpaired) electrons. The van der Waals surface area contributed by atoms with E-state index < -0.39 is 0 Å². The van der Waals surface area contributed by atoms with E-state index >= 15 is 0 Å². The number of rotatable bonds is 4. The van der Waals surface area contributed by atoms with Crippen LogP contribution >= 0.6 is 11.6 Å². The molecule has 6 heteroatoms. The zero-order valence-corrected chi connectivity index (χ0v) is 11.5. The first-order chi connectivity index (χ1) is 9.02. The number of halogens is 2. The average molecular weight is 284 g/mol. The Labute approximate surface area is 115 Å². The molecule has 102 valence electrons. The van der Waals surface area contributed by atoms with Crippen molar-refractivity contribution in [3.63, 3.8) is 0 Å². The van der Waals surface area contributed by atoms with Gasteiger partial charge in [-0.2, -0.15) is 5.10 Å². The lowest BCUT2D eigenvalue weighted by Gasteiger charge is -2.10. The van der Waals surface area contributed by atoms with Crippen LogP contribution in [-0.4, -0.2) is 9.78 Å². The second-order valence-corrected chi connectivity index (χ2v) is 4.58. The first-order valence-corrected chi connectivity index (χ1v) is 6.20. The van der Waals surface area contributed by atoms with Crippen LogP contribution in [0.3, 0.4) is 0 Å². The fourth-order valence-corrected chi connectivity index (χ4v) is 2.07. The molecule has 0 saturated heterocycles. The maximum Gasteiger partial charge on any atom is 0.133 e. The molecule has 19 heavy (non-hydrogen) atoms. The lowest BCUT2D eigenvalue weighted by molar-refractivity contribution is 0.301. The molecule has 2 aromatic rings. The molecular weight excluding hydrogens is 269 g/mol. The van der Waals surface area contributed by atoms with Crippen molar-refractivity contribution in [2.45, 2.75) is 20.1 Å². The van der Waals surface area contributed by atoms with Gasteiger partial charge in [0, 0.05) is 24.7 Å². The summed E-state index contributed by atoms with van der Waals surface area (Å²) in [5.41, 5.74) is 7.81. The Morgan fingerprint density at radius 1 is 1.47 bits per heavy atom. The van der Waals surface area contributed by atoms with E-state index in [2.05, 4.69) is 5.10 Å². The monoisotopic (exact) mass is 283 g/mol. The second-order valence-electron chi connectivity index (χ2n) is 4.22. The molecule has 0 aliphatic carbocycles. The van der Waals surface area contributed by atoms with Crippen LogP contribution in [0.1, 0.15) is 16.8 Å². The van der Waals surface area contributed by atoms with Gasteiger partial charge in [-0.25, -0.2) is 4.39 Å². The Morgan fingerprint density at radius 2 is 2.21 bits per heavy atom. The molecule has 0 spiro atoms. The van der Waals surface area contributed by atoms with Crippen molar-refractivity contribution in [3.8, 4) is 5.75 Å². The summed E-state index contributed by atoms with van der Waals surface area (Å²) in [6, 6.07) is 4.27. The van der Waals surface area contributed by atoms with Gasteiger partial charge in [0.05, 0.1) is 5.69 Å². The van der Waals surface area contributed by atoms with E-state index in [0.717, 1.165) is 11.3 Å². The van der Waals surface area contributed by atoms with Crippen LogP contribution in [-0.2, 0) is 20.2 Å². The smallest absolute Gasteiger partial charge is 0.133 e. The van der Waals surface area contributed by atoms with Crippen LogP contribution in [0.15, 0.2) is 18.2 Å². The van der Waals surface area contributed by atoms with Crippen LogP contribution in [0.4, 0.5) is 4.39 Å². The van der Waals surface area contributed by atoms with Crippen molar-refractivity contribution in [1.82, 2.24) is 9.78 Å². The topological polar surface area (TPSA) is 53.1 Å². The zero-order chi connectivity index (χ0) is 14.0. The number of benzene rings is 1. The first-order valence-electron chi connectivity index (χ1n) is 5.82. The second kappa shape index (κ2) is 5.59. The number of aryl methyl sites for hydroxylation is 2. The molecule has 1 aromatic carbocycles. The van der Waals surface area contributed by atoms with Crippen LogP contribution in [0.2, 0.25) is 5.15 Å². The van der Waals surface area contributed by atoms with E-state index in [1.807, 2.05) is 6.92 Å². The molecule has 0 bridgehead atoms. The Morgan fingerprint density at radius 3 is 2.79 bits per heavy atom. The van der Waals surface area contributed by atoms with E-state index in [4.69, 9.17) is 22.1 Å². The highest BCUT2D eigenvalue weighted by atomic mass is 35.5. The highest BCUT2D eigenvalue weighted by molar-refractivity contribution is 6.30. The van der Waals surface area contributed by atoms with E-state index in [9.17, 15) is 4.39 Å². The standard InChI is InChI=1S/C13H15ClFN3O/c1-8-11(13(14)18(2)17-8)7-19-12-4-3-10(15)5-9(12)6-16/h3-5H,6-7,16H2,1-2H3. The summed E-state index contributed by atoms with van der Waals surface area (Å²) in [5.74, 6) is 0.228. The lowest BCUT2D eigenvalue weighted by atomic mass is 10.2. The molecule has 0 unspecified atom stereocenters. The zero-order valence-electron chi connectivity index (χ0n) is 10.8. The van der Waals surface area contributed by atoms with E-state index in [0.29, 0.717) is 16.5 Å². The van der Waals surface area contributed by atoms with Crippen LogP contribution in [0.5, 0.6) is 5.75 Å². The van der Waals surface area contributed by atoms with Gasteiger partial charge in [-0.3, -0.25) is 4.68 Å². The van der Waals surface area contributed by atoms with Crippen molar-refractivity contribution < 1.29 is 9.13 Å². The minimum Gasteiger partial charge on any atom is -0.488 e. The Balaban J connectivity index is 2.19. The van der Waals surface area contributed by atoms with E-state index in [1.54, 1.807) is 17.8 Å². The van der Waals surface area contributed by atoms with Gasteiger partial charge in [-0.1, -0.05) is 11.6 Å². The molecular formula is C13H15ClFN3O. The third kappa shape index (κ3) is 2.88. The van der Waals surface area contributed by atoms with E-state index in [1.165, 1.54) is 12.1 Å². The van der Waals surface area contributed by atoms with Crippen LogP contribution in [0.25, 0.3) is 0 Å². The normalized spacial score (nSPS) is 10.8. The SMILES string of the molecule is Cc1nn(C)c(Cl)c1COc1ccc(F)cc1CN. The summed E-state index contributed by atoms with van der Waals surface area (Å²) in [5, 5.41) is 4.74. The van der Waals surface area contributed by atoms with Gasteiger partial charge < -0.3 is 10.5 Å². The molecule has 4 nitrogen and oxygen atoms in total. The van der Waals surface area contributed by atoms with Crippen molar-refractivity contribution in [1.29, 1.82) is 0 Å². The molecule has 0 atom stereocenters. The third-order valence-corrected chi connectivity index (χ3v) is 3.36. The summed E-state index contributed by atoms with van der Waals surface area (Å²) in [7, 11) is 1.77. The molecule has 0 aliphatic heterocycles. The highest BCUT2D eigenvalue weighted by Gasteiger charge is 2.12. The number of nitrogens with two attached hydrogens (primary N) is 1. The maximum absolute atomic E-state index is 13.1. The lowest BCUT2D eigenvalue weighted by Crippen LogP contribution is -2.04. The number of ether oxygens (including phenoxy) is 1. The minimum absolute atomic E-state index is 0.215. The summed E-state index contributed by atoms with van der Waals surface area (Å²) >= 11 is 6.11. The fourth-order valence-electron chi connectivity index (χ4n) is 1.84. The van der Waals surface area contributed by atoms with Gasteiger partial charge in [-0.15, -0.1) is 0 Å². The first kappa shape index (κ1) is 13.8. The van der Waals surface area contributed by atoms with Gasteiger partial charge >= 0.3 is 0 Å². The highest BCUT2D eigenvalue weighted by Crippen LogP contribution is 2.24. The fraction of sp³-hybridized carbons (Fsp3) is 0.308. The van der Waals surface area contributed by atoms with Gasteiger partial charge in [-0.05, 0) is 25.1 Å². The number of nitrogens with zero attached hydrogens (tertiary/aromatic N) is 2. The van der Waals surface area contributed by atoms with Crippen molar-refractivity contribution in [2.24, 2.45) is 12.8 Å². The molecule has 1 aromatic heterocycles. The van der Waals surface area contributed by atoms with Crippen molar-refractivity contribution in [2.75, 3.05) is 0 Å². The van der Waals surface area contributed by atoms with E-state index in [-0.39, 0.29) is 19.0 Å². The van der Waals surface area contributed by atoms with Crippen LogP contribution in [0, 0.1) is 12.7 Å². The average Bonchev–Trinajstić information content (AvgIpc) is 2.62. The molecule has 0 aliphatic rings.